The molecule has 2 unspecified atom stereocenters. The number of aliphatic hydroxyl groups excluding tert-OH is 3. The number of benzene rings is 1. The Bertz CT molecular complexity index is 2480. The fourth-order valence-corrected chi connectivity index (χ4v) is 9.87. The summed E-state index contributed by atoms with van der Waals surface area (Å²) in [5.74, 6) is -10.7. The summed E-state index contributed by atoms with van der Waals surface area (Å²) in [4.78, 5) is 156. The van der Waals surface area contributed by atoms with Gasteiger partial charge in [0.1, 0.15) is 59.8 Å². The number of phenols is 1. The average Bonchev–Trinajstić information content (AvgIpc) is 3.89. The molecule has 0 spiro atoms. The first-order chi connectivity index (χ1) is 40.2. The summed E-state index contributed by atoms with van der Waals surface area (Å²) in [6.45, 7) is 15.1. The number of hydrogen-bond donors (Lipinski definition) is 14. The van der Waals surface area contributed by atoms with Crippen molar-refractivity contribution in [1.29, 1.82) is 0 Å². The van der Waals surface area contributed by atoms with Gasteiger partial charge in [-0.25, -0.2) is 0 Å². The predicted octanol–water partition coefficient (Wildman–Crippen LogP) is -0.546. The van der Waals surface area contributed by atoms with Crippen molar-refractivity contribution in [3.63, 3.8) is 0 Å². The molecule has 2 aliphatic rings. The number of nitrogens with one attached hydrogen (secondary N) is 10. The maximum Gasteiger partial charge on any atom is 0.270 e. The Hall–Kier alpha value is -7.19. The molecule has 26 nitrogen and oxygen atoms in total. The molecule has 0 bridgehead atoms. The predicted molar refractivity (Wildman–Crippen MR) is 314 cm³/mol. The Morgan fingerprint density at radius 2 is 1.12 bits per heavy atom. The molecule has 0 saturated carbocycles. The minimum Gasteiger partial charge on any atom is -0.508 e. The molecular formula is C59H95N11O15. The SMILES string of the molecule is C/C=C1/NC(=O)[C@@H](CO)NC(=O)C[C@@H](CCCCC)NC(=O)CNC(=O)[C@@H](CC(C)C)NC(=O)[C@H]([C@@H](C)CC)NC(=O)[C@@H]([C@H](C)CC)NC(=O)C(CC(C)C)NC(=O)[C@@H](Cc2ccc(O)cc2)NC(=O)C(CCO)NC(=O)[C@@H]2C[C@@H](O)CN2C1=O. The van der Waals surface area contributed by atoms with E-state index in [0.717, 1.165) is 17.7 Å². The van der Waals surface area contributed by atoms with Gasteiger partial charge in [0.25, 0.3) is 5.91 Å². The second-order valence-electron chi connectivity index (χ2n) is 23.2. The Kier molecular flexibility index (Phi) is 30.5. The first-order valence-electron chi connectivity index (χ1n) is 29.8. The molecule has 2 fully saturated rings. The summed E-state index contributed by atoms with van der Waals surface area (Å²) >= 11 is 0. The largest absolute Gasteiger partial charge is 0.508 e. The minimum atomic E-state index is -1.63. The van der Waals surface area contributed by atoms with E-state index >= 15 is 0 Å². The summed E-state index contributed by atoms with van der Waals surface area (Å²) in [5, 5.41) is 67.7. The van der Waals surface area contributed by atoms with Crippen LogP contribution in [0.4, 0.5) is 0 Å². The van der Waals surface area contributed by atoms with E-state index < -0.39 is 176 Å². The Morgan fingerprint density at radius 3 is 1.67 bits per heavy atom. The average molecular weight is 1200 g/mol. The molecule has 26 heteroatoms. The van der Waals surface area contributed by atoms with Gasteiger partial charge < -0.3 is 78.5 Å². The van der Waals surface area contributed by atoms with Crippen LogP contribution < -0.4 is 53.2 Å². The molecule has 85 heavy (non-hydrogen) atoms. The molecule has 12 atom stereocenters. The summed E-state index contributed by atoms with van der Waals surface area (Å²) in [7, 11) is 0. The summed E-state index contributed by atoms with van der Waals surface area (Å²) in [6, 6.07) is -6.26. The molecule has 3 rings (SSSR count). The fourth-order valence-electron chi connectivity index (χ4n) is 9.87. The number of rotatable bonds is 17. The summed E-state index contributed by atoms with van der Waals surface area (Å²) in [5.41, 5.74) is 0.0343. The van der Waals surface area contributed by atoms with Crippen molar-refractivity contribution in [3.05, 3.63) is 41.6 Å². The van der Waals surface area contributed by atoms with E-state index in [1.807, 2.05) is 20.8 Å². The van der Waals surface area contributed by atoms with E-state index in [1.54, 1.807) is 41.5 Å². The summed E-state index contributed by atoms with van der Waals surface area (Å²) < 4.78 is 0. The molecule has 476 valence electrons. The fraction of sp³-hybridized carbons (Fsp3) is 0.678. The van der Waals surface area contributed by atoms with Crippen molar-refractivity contribution >= 4 is 65.0 Å². The Labute approximate surface area is 498 Å². The highest BCUT2D eigenvalue weighted by Crippen LogP contribution is 2.22. The number of aliphatic hydroxyl groups is 3. The lowest BCUT2D eigenvalue weighted by molar-refractivity contribution is -0.139. The first kappa shape index (κ1) is 72.1. The number of amides is 11. The molecule has 14 N–H and O–H groups in total. The number of aromatic hydroxyl groups is 1. The van der Waals surface area contributed by atoms with E-state index in [1.165, 1.54) is 37.3 Å². The third-order valence-electron chi connectivity index (χ3n) is 15.2. The highest BCUT2D eigenvalue weighted by Gasteiger charge is 2.42. The molecular weight excluding hydrogens is 1100 g/mol. The van der Waals surface area contributed by atoms with Crippen LogP contribution in [0.5, 0.6) is 5.75 Å². The number of phenolic OH excluding ortho intramolecular Hbond substituents is 1. The van der Waals surface area contributed by atoms with Crippen LogP contribution in [0.3, 0.4) is 0 Å². The molecule has 0 aromatic heterocycles. The zero-order valence-electron chi connectivity index (χ0n) is 51.0. The quantitative estimate of drug-likeness (QED) is 0.0688. The van der Waals surface area contributed by atoms with Crippen molar-refractivity contribution in [2.24, 2.45) is 23.7 Å². The first-order valence-corrected chi connectivity index (χ1v) is 29.8. The van der Waals surface area contributed by atoms with E-state index in [4.69, 9.17) is 0 Å². The van der Waals surface area contributed by atoms with Crippen LogP contribution in [-0.4, -0.2) is 177 Å². The van der Waals surface area contributed by atoms with Crippen LogP contribution >= 0.6 is 0 Å². The van der Waals surface area contributed by atoms with Crippen molar-refractivity contribution in [2.75, 3.05) is 26.3 Å². The molecule has 0 aliphatic carbocycles. The van der Waals surface area contributed by atoms with Gasteiger partial charge in [-0.1, -0.05) is 113 Å². The van der Waals surface area contributed by atoms with Crippen LogP contribution in [0.2, 0.25) is 0 Å². The van der Waals surface area contributed by atoms with Gasteiger partial charge in [-0.2, -0.15) is 0 Å². The molecule has 2 saturated heterocycles. The molecule has 2 aliphatic heterocycles. The number of carbonyl (C=O) groups is 11. The second-order valence-corrected chi connectivity index (χ2v) is 23.2. The number of unbranched alkanes of at least 4 members (excludes halogenated alkanes) is 2. The number of nitrogens with zero attached hydrogens (tertiary/aromatic N) is 1. The Morgan fingerprint density at radius 1 is 0.588 bits per heavy atom. The van der Waals surface area contributed by atoms with E-state index in [0.29, 0.717) is 31.2 Å². The van der Waals surface area contributed by atoms with Crippen LogP contribution in [-0.2, 0) is 59.2 Å². The third-order valence-corrected chi connectivity index (χ3v) is 15.2. The second kappa shape index (κ2) is 36.0. The van der Waals surface area contributed by atoms with Crippen LogP contribution in [0.15, 0.2) is 36.0 Å². The molecule has 1 aromatic carbocycles. The van der Waals surface area contributed by atoms with Crippen molar-refractivity contribution in [1.82, 2.24) is 58.1 Å². The van der Waals surface area contributed by atoms with E-state index in [2.05, 4.69) is 53.2 Å². The lowest BCUT2D eigenvalue weighted by Crippen LogP contribution is -2.62. The maximum atomic E-state index is 14.6. The van der Waals surface area contributed by atoms with Gasteiger partial charge in [0, 0.05) is 38.5 Å². The normalized spacial score (nSPS) is 27.0. The van der Waals surface area contributed by atoms with Gasteiger partial charge in [-0.15, -0.1) is 0 Å². The third kappa shape index (κ3) is 23.3. The van der Waals surface area contributed by atoms with Gasteiger partial charge in [0.2, 0.25) is 59.1 Å². The molecule has 11 amide bonds. The Balaban J connectivity index is 2.17. The van der Waals surface area contributed by atoms with Crippen molar-refractivity contribution < 1.29 is 73.2 Å². The minimum absolute atomic E-state index is 0.0353. The number of hydrogen-bond acceptors (Lipinski definition) is 15. The van der Waals surface area contributed by atoms with Gasteiger partial charge in [-0.05, 0) is 74.0 Å². The monoisotopic (exact) mass is 1200 g/mol. The van der Waals surface area contributed by atoms with Crippen LogP contribution in [0.1, 0.15) is 145 Å². The number of fused-ring (bicyclic) bond motifs is 1. The number of carbonyl (C=O) groups excluding carboxylic acids is 11. The summed E-state index contributed by atoms with van der Waals surface area (Å²) in [6.07, 6.45) is 1.95. The zero-order chi connectivity index (χ0) is 63.7. The standard InChI is InChI=1S/C59H95N11O15/c1-11-15-16-17-37-27-47(75)62-45(31-72)55(81)63-40(14-4)59(85)70-30-39(74)28-46(70)56(82)64-41(22-23-71)52(78)66-44(26-36-18-20-38(73)21-19-36)53(79)65-43(25-33(7)8)54(80)68-50(35(10)13-3)58(84)69-49(34(9)12-2)57(83)67-42(24-32(5)6)51(77)60-29-48(76)61-37/h14,18-21,32-35,37,39,41-46,49-50,71-74H,11-13,15-17,22-31H2,1-10H3,(H,60,77)(H,61,76)(H,62,75)(H,63,81)(H,64,82)(H,65,79)(H,66,78)(H,67,83)(H,68,80)(H,69,84)/b40-14+/t34-,35+,37+,39+,41?,42+,43?,44+,45+,46-,49-,50+/m0/s1. The lowest BCUT2D eigenvalue weighted by Gasteiger charge is -2.31. The lowest BCUT2D eigenvalue weighted by atomic mass is 9.93. The molecule has 0 radical (unpaired) electrons. The van der Waals surface area contributed by atoms with Gasteiger partial charge in [-0.3, -0.25) is 52.7 Å². The molecule has 1 aromatic rings. The zero-order valence-corrected chi connectivity index (χ0v) is 51.0. The highest BCUT2D eigenvalue weighted by atomic mass is 16.3. The van der Waals surface area contributed by atoms with E-state index in [9.17, 15) is 73.2 Å². The van der Waals surface area contributed by atoms with Crippen molar-refractivity contribution in [2.45, 2.75) is 207 Å². The number of allylic oxidation sites excluding steroid dienone is 1. The van der Waals surface area contributed by atoms with Gasteiger partial charge >= 0.3 is 0 Å². The van der Waals surface area contributed by atoms with Gasteiger partial charge in [0.05, 0.1) is 19.3 Å². The van der Waals surface area contributed by atoms with E-state index in [-0.39, 0.29) is 49.7 Å². The molecule has 2 heterocycles. The van der Waals surface area contributed by atoms with Crippen LogP contribution in [0, 0.1) is 23.7 Å². The topological polar surface area (TPSA) is 392 Å². The highest BCUT2D eigenvalue weighted by molar-refractivity contribution is 6.02. The van der Waals surface area contributed by atoms with Crippen LogP contribution in [0.25, 0.3) is 0 Å². The van der Waals surface area contributed by atoms with Gasteiger partial charge in [0.15, 0.2) is 0 Å². The smallest absolute Gasteiger partial charge is 0.270 e. The van der Waals surface area contributed by atoms with Crippen molar-refractivity contribution in [3.8, 4) is 5.75 Å². The maximum absolute atomic E-state index is 14.6.